The minimum atomic E-state index is -5.39. The van der Waals surface area contributed by atoms with Gasteiger partial charge in [-0.2, -0.15) is 7.82 Å². The Labute approximate surface area is 72.9 Å². The molecule has 0 rings (SSSR count). The van der Waals surface area contributed by atoms with Crippen molar-refractivity contribution in [2.75, 3.05) is 0 Å². The molecule has 8 heteroatoms. The molecule has 0 aromatic carbocycles. The van der Waals surface area contributed by atoms with Crippen molar-refractivity contribution in [3.8, 4) is 0 Å². The van der Waals surface area contributed by atoms with Crippen LogP contribution in [0, 0.1) is 0 Å². The van der Waals surface area contributed by atoms with Gasteiger partial charge in [-0.1, -0.05) is 0 Å². The van der Waals surface area contributed by atoms with Gasteiger partial charge in [0.15, 0.2) is 0 Å². The Hall–Kier alpha value is 1.37. The summed E-state index contributed by atoms with van der Waals surface area (Å²) in [7, 11) is -5.39. The maximum Gasteiger partial charge on any atom is 3.00 e. The third-order valence-electron chi connectivity index (χ3n) is 0. The van der Waals surface area contributed by atoms with Gasteiger partial charge in [0, 0.05) is 0 Å². The van der Waals surface area contributed by atoms with Crippen molar-refractivity contribution in [2.24, 2.45) is 0 Å². The predicted molar refractivity (Wildman–Crippen MR) is 21.1 cm³/mol. The maximum atomic E-state index is 8.55. The van der Waals surface area contributed by atoms with Crippen LogP contribution in [0.2, 0.25) is 0 Å². The van der Waals surface area contributed by atoms with Gasteiger partial charge in [-0.05, 0) is 0 Å². The molecule has 0 radical (unpaired) electrons. The van der Waals surface area contributed by atoms with Gasteiger partial charge in [-0.25, -0.2) is 0 Å². The summed E-state index contributed by atoms with van der Waals surface area (Å²) in [5.74, 6) is 0. The van der Waals surface area contributed by atoms with Crippen molar-refractivity contribution in [1.29, 1.82) is 0 Å². The molecular weight excluding hydrogens is 162 g/mol. The summed E-state index contributed by atoms with van der Waals surface area (Å²) < 4.78 is 8.55. The SMILES string of the molecule is O=P([O-])([O-])[O-].[Al+3].[Mg+2].[OH-]. The number of hydrogen-bond acceptors (Lipinski definition) is 5. The van der Waals surface area contributed by atoms with Crippen LogP contribution in [0.4, 0.5) is 0 Å². The Morgan fingerprint density at radius 3 is 1.12 bits per heavy atom. The molecule has 0 bridgehead atoms. The first-order valence-corrected chi connectivity index (χ1v) is 2.19. The van der Waals surface area contributed by atoms with Crippen LogP contribution in [0.1, 0.15) is 0 Å². The molecular formula is HAlMgO5P+. The Morgan fingerprint density at radius 2 is 1.12 bits per heavy atom. The van der Waals surface area contributed by atoms with Gasteiger partial charge in [0.1, 0.15) is 0 Å². The fourth-order valence-corrected chi connectivity index (χ4v) is 0. The van der Waals surface area contributed by atoms with E-state index in [1.165, 1.54) is 0 Å². The molecule has 0 saturated heterocycles. The van der Waals surface area contributed by atoms with Crippen molar-refractivity contribution >= 4 is 48.2 Å². The fraction of sp³-hybridized carbons (Fsp3) is 0. The van der Waals surface area contributed by atoms with E-state index in [0.29, 0.717) is 0 Å². The molecule has 0 aliphatic rings. The van der Waals surface area contributed by atoms with E-state index in [1.807, 2.05) is 0 Å². The summed E-state index contributed by atoms with van der Waals surface area (Å²) in [6.07, 6.45) is 0. The Morgan fingerprint density at radius 1 is 1.12 bits per heavy atom. The molecule has 0 aromatic rings. The second-order valence-electron chi connectivity index (χ2n) is 0.447. The summed E-state index contributed by atoms with van der Waals surface area (Å²) >= 11 is 0. The molecule has 0 aliphatic carbocycles. The normalized spacial score (nSPS) is 7.38. The third-order valence-corrected chi connectivity index (χ3v) is 0. The van der Waals surface area contributed by atoms with E-state index in [4.69, 9.17) is 19.2 Å². The minimum Gasteiger partial charge on any atom is -0.870 e. The first-order chi connectivity index (χ1) is 2.00. The van der Waals surface area contributed by atoms with Crippen molar-refractivity contribution in [3.05, 3.63) is 0 Å². The maximum absolute atomic E-state index is 8.55. The van der Waals surface area contributed by atoms with E-state index >= 15 is 0 Å². The first-order valence-electron chi connectivity index (χ1n) is 0.730. The molecule has 5 nitrogen and oxygen atoms in total. The summed E-state index contributed by atoms with van der Waals surface area (Å²) in [4.78, 5) is 25.6. The van der Waals surface area contributed by atoms with Crippen LogP contribution in [-0.2, 0) is 4.57 Å². The van der Waals surface area contributed by atoms with E-state index in [2.05, 4.69) is 0 Å². The van der Waals surface area contributed by atoms with Gasteiger partial charge in [0.25, 0.3) is 0 Å². The van der Waals surface area contributed by atoms with Gasteiger partial charge >= 0.3 is 40.4 Å². The van der Waals surface area contributed by atoms with Crippen LogP contribution < -0.4 is 14.7 Å². The van der Waals surface area contributed by atoms with Gasteiger partial charge in [-0.3, -0.25) is 0 Å². The minimum absolute atomic E-state index is 0. The zero-order valence-electron chi connectivity index (χ0n) is 3.81. The summed E-state index contributed by atoms with van der Waals surface area (Å²) in [5.41, 5.74) is 0. The molecule has 0 atom stereocenters. The van der Waals surface area contributed by atoms with Crippen molar-refractivity contribution in [3.63, 3.8) is 0 Å². The molecule has 40 valence electrons. The largest absolute Gasteiger partial charge is 3.00 e. The van der Waals surface area contributed by atoms with E-state index in [-0.39, 0.29) is 45.9 Å². The van der Waals surface area contributed by atoms with Gasteiger partial charge < -0.3 is 24.7 Å². The van der Waals surface area contributed by atoms with Gasteiger partial charge in [-0.15, -0.1) is 0 Å². The molecule has 8 heavy (non-hydrogen) atoms. The topological polar surface area (TPSA) is 116 Å². The Balaban J connectivity index is -0.0000000267. The fourth-order valence-electron chi connectivity index (χ4n) is 0. The van der Waals surface area contributed by atoms with E-state index in [0.717, 1.165) is 0 Å². The van der Waals surface area contributed by atoms with Crippen LogP contribution in [0.25, 0.3) is 0 Å². The zero-order chi connectivity index (χ0) is 4.50. The molecule has 0 saturated carbocycles. The molecule has 0 heterocycles. The molecule has 1 N–H and O–H groups in total. The summed E-state index contributed by atoms with van der Waals surface area (Å²) in [5, 5.41) is 0. The van der Waals surface area contributed by atoms with Crippen LogP contribution >= 0.6 is 7.82 Å². The van der Waals surface area contributed by atoms with E-state index < -0.39 is 7.82 Å². The second kappa shape index (κ2) is 8.37. The first kappa shape index (κ1) is 22.8. The molecule has 0 amide bonds. The number of hydrogen-bond donors (Lipinski definition) is 0. The Bertz CT molecular complexity index is 58.6. The molecule has 0 unspecified atom stereocenters. The average molecular weight is 163 g/mol. The monoisotopic (exact) mass is 163 g/mol. The van der Waals surface area contributed by atoms with Gasteiger partial charge in [0.05, 0.1) is 0 Å². The predicted octanol–water partition coefficient (Wildman–Crippen LogP) is -3.76. The molecule has 0 aromatic heterocycles. The van der Waals surface area contributed by atoms with Crippen molar-refractivity contribution in [1.82, 2.24) is 0 Å². The van der Waals surface area contributed by atoms with Crippen LogP contribution in [0.5, 0.6) is 0 Å². The summed E-state index contributed by atoms with van der Waals surface area (Å²) in [6, 6.07) is 0. The van der Waals surface area contributed by atoms with E-state index in [1.54, 1.807) is 0 Å². The zero-order valence-corrected chi connectivity index (χ0v) is 7.28. The average Bonchev–Trinajstić information content (AvgIpc) is 0.722. The van der Waals surface area contributed by atoms with Crippen molar-refractivity contribution in [2.45, 2.75) is 0 Å². The summed E-state index contributed by atoms with van der Waals surface area (Å²) in [6.45, 7) is 0. The molecule has 0 spiro atoms. The smallest absolute Gasteiger partial charge is 0.870 e. The molecule has 0 fully saturated rings. The second-order valence-corrected chi connectivity index (χ2v) is 1.34. The van der Waals surface area contributed by atoms with Gasteiger partial charge in [0.2, 0.25) is 0 Å². The Kier molecular flexibility index (Phi) is 23.8. The number of phosphoric acid groups is 1. The van der Waals surface area contributed by atoms with E-state index in [9.17, 15) is 0 Å². The van der Waals surface area contributed by atoms with Crippen LogP contribution in [0.15, 0.2) is 0 Å². The van der Waals surface area contributed by atoms with Crippen LogP contribution in [0.3, 0.4) is 0 Å². The molecule has 0 aliphatic heterocycles. The number of rotatable bonds is 0. The third kappa shape index (κ3) is 160. The standard InChI is InChI=1S/Al.Mg.H3O4P.H2O/c;;1-5(2,3)4;/h;;(H3,1,2,3,4);1H2/q+3;+2;;/p-4. The van der Waals surface area contributed by atoms with Crippen molar-refractivity contribution < 1.29 is 24.7 Å². The quantitative estimate of drug-likeness (QED) is 0.268. The van der Waals surface area contributed by atoms with Crippen LogP contribution in [-0.4, -0.2) is 45.9 Å².